The number of halogens is 2. The van der Waals surface area contributed by atoms with E-state index in [2.05, 4.69) is 19.7 Å². The van der Waals surface area contributed by atoms with Crippen molar-refractivity contribution in [3.05, 3.63) is 23.8 Å². The highest BCUT2D eigenvalue weighted by Crippen LogP contribution is 2.42. The Bertz CT molecular complexity index is 667. The number of hydrogen-bond acceptors (Lipinski definition) is 4. The van der Waals surface area contributed by atoms with Gasteiger partial charge < -0.3 is 14.8 Å². The first-order chi connectivity index (χ1) is 11.4. The van der Waals surface area contributed by atoms with Gasteiger partial charge >= 0.3 is 6.29 Å². The number of piperidine rings is 1. The van der Waals surface area contributed by atoms with Gasteiger partial charge in [-0.1, -0.05) is 6.07 Å². The number of alkyl halides is 2. The Morgan fingerprint density at radius 3 is 2.83 bits per heavy atom. The third-order valence-corrected chi connectivity index (χ3v) is 5.35. The highest BCUT2D eigenvalue weighted by atomic mass is 19.3. The van der Waals surface area contributed by atoms with Gasteiger partial charge in [-0.2, -0.15) is 0 Å². The Balaban J connectivity index is 1.40. The number of carbonyl (C=O) groups is 1. The smallest absolute Gasteiger partial charge is 0.395 e. The molecule has 0 aromatic heterocycles. The summed E-state index contributed by atoms with van der Waals surface area (Å²) in [5.41, 5.74) is 0.904. The molecule has 0 spiro atoms. The van der Waals surface area contributed by atoms with Crippen molar-refractivity contribution in [2.45, 2.75) is 38.1 Å². The van der Waals surface area contributed by atoms with Crippen LogP contribution in [-0.2, 0) is 11.3 Å². The molecule has 5 nitrogen and oxygen atoms in total. The van der Waals surface area contributed by atoms with Gasteiger partial charge in [-0.25, -0.2) is 0 Å². The van der Waals surface area contributed by atoms with Crippen molar-refractivity contribution in [1.82, 2.24) is 10.2 Å². The number of hydrogen-bond donors (Lipinski definition) is 1. The molecule has 1 N–H and O–H groups in total. The summed E-state index contributed by atoms with van der Waals surface area (Å²) in [5, 5.41) is 2.94. The van der Waals surface area contributed by atoms with Gasteiger partial charge in [0.05, 0.1) is 0 Å². The molecule has 1 aliphatic carbocycles. The van der Waals surface area contributed by atoms with Gasteiger partial charge in [-0.3, -0.25) is 9.69 Å². The molecular formula is C17H20F2N2O3. The van der Waals surface area contributed by atoms with E-state index in [1.807, 2.05) is 7.05 Å². The van der Waals surface area contributed by atoms with Crippen LogP contribution in [-0.4, -0.2) is 36.7 Å². The first-order valence-corrected chi connectivity index (χ1v) is 8.25. The summed E-state index contributed by atoms with van der Waals surface area (Å²) in [7, 11) is 2.04. The molecule has 2 fully saturated rings. The second kappa shape index (κ2) is 5.58. The van der Waals surface area contributed by atoms with Crippen molar-refractivity contribution < 1.29 is 23.0 Å². The van der Waals surface area contributed by atoms with Gasteiger partial charge in [0, 0.05) is 25.6 Å². The zero-order valence-corrected chi connectivity index (χ0v) is 13.4. The highest BCUT2D eigenvalue weighted by Gasteiger charge is 2.43. The molecule has 130 valence electrons. The van der Waals surface area contributed by atoms with Crippen LogP contribution in [0, 0.1) is 11.8 Å². The Labute approximate surface area is 138 Å². The van der Waals surface area contributed by atoms with E-state index >= 15 is 0 Å². The van der Waals surface area contributed by atoms with Gasteiger partial charge in [0.2, 0.25) is 5.91 Å². The minimum absolute atomic E-state index is 0.0721. The number of nitrogens with zero attached hydrogens (tertiary/aromatic N) is 1. The summed E-state index contributed by atoms with van der Waals surface area (Å²) in [6.07, 6.45) is -0.886. The van der Waals surface area contributed by atoms with Gasteiger partial charge in [0.15, 0.2) is 11.5 Å². The quantitative estimate of drug-likeness (QED) is 0.919. The van der Waals surface area contributed by atoms with E-state index in [0.717, 1.165) is 24.9 Å². The first-order valence-electron chi connectivity index (χ1n) is 8.25. The first kappa shape index (κ1) is 15.6. The molecule has 0 unspecified atom stereocenters. The van der Waals surface area contributed by atoms with Crippen LogP contribution in [0.4, 0.5) is 8.78 Å². The van der Waals surface area contributed by atoms with E-state index < -0.39 is 6.29 Å². The van der Waals surface area contributed by atoms with Crippen LogP contribution in [0.15, 0.2) is 18.2 Å². The van der Waals surface area contributed by atoms with Crippen molar-refractivity contribution >= 4 is 5.91 Å². The molecule has 2 aliphatic heterocycles. The molecule has 3 aliphatic rings. The highest BCUT2D eigenvalue weighted by molar-refractivity contribution is 5.77. The molecular weight excluding hydrogens is 318 g/mol. The molecule has 1 saturated carbocycles. The summed E-state index contributed by atoms with van der Waals surface area (Å²) >= 11 is 0. The molecule has 1 aromatic rings. The van der Waals surface area contributed by atoms with E-state index in [9.17, 15) is 13.6 Å². The van der Waals surface area contributed by atoms with E-state index in [0.29, 0.717) is 30.8 Å². The molecule has 0 radical (unpaired) electrons. The summed E-state index contributed by atoms with van der Waals surface area (Å²) in [4.78, 5) is 13.8. The van der Waals surface area contributed by atoms with E-state index in [1.54, 1.807) is 12.1 Å². The fourth-order valence-electron chi connectivity index (χ4n) is 4.10. The van der Waals surface area contributed by atoms with Crippen molar-refractivity contribution in [2.24, 2.45) is 11.8 Å². The maximum Gasteiger partial charge on any atom is 0.586 e. The molecule has 2 heterocycles. The van der Waals surface area contributed by atoms with Crippen molar-refractivity contribution in [3.63, 3.8) is 0 Å². The lowest BCUT2D eigenvalue weighted by Gasteiger charge is -2.24. The van der Waals surface area contributed by atoms with E-state index in [-0.39, 0.29) is 17.4 Å². The van der Waals surface area contributed by atoms with Crippen molar-refractivity contribution in [1.29, 1.82) is 0 Å². The average molecular weight is 338 g/mol. The van der Waals surface area contributed by atoms with E-state index in [4.69, 9.17) is 0 Å². The summed E-state index contributed by atoms with van der Waals surface area (Å²) in [6.45, 7) is 1.42. The molecule has 4 rings (SSSR count). The summed E-state index contributed by atoms with van der Waals surface area (Å²) in [5.74, 6) is 1.31. The molecule has 3 atom stereocenters. The predicted molar refractivity (Wildman–Crippen MR) is 81.7 cm³/mol. The van der Waals surface area contributed by atoms with E-state index in [1.165, 1.54) is 6.07 Å². The summed E-state index contributed by atoms with van der Waals surface area (Å²) in [6, 6.07) is 5.32. The minimum Gasteiger partial charge on any atom is -0.395 e. The molecule has 0 bridgehead atoms. The van der Waals surface area contributed by atoms with Crippen LogP contribution in [0.3, 0.4) is 0 Å². The van der Waals surface area contributed by atoms with Crippen LogP contribution in [0.5, 0.6) is 11.5 Å². The maximum atomic E-state index is 13.1. The number of fused-ring (bicyclic) bond motifs is 2. The standard InChI is InChI=1S/C17H20F2N2O3/c1-21(13-5-11-7-16(22)20-8-12(11)6-13)9-10-2-3-14-15(4-10)24-17(18,19)23-14/h2-4,11-13H,5-9H2,1H3,(H,20,22)/t11-,12+,13-/m1/s1. The zero-order valence-electron chi connectivity index (χ0n) is 13.4. The van der Waals surface area contributed by atoms with Crippen LogP contribution in [0.25, 0.3) is 0 Å². The average Bonchev–Trinajstić information content (AvgIpc) is 3.05. The number of rotatable bonds is 3. The fraction of sp³-hybridized carbons (Fsp3) is 0.588. The topological polar surface area (TPSA) is 50.8 Å². The number of nitrogens with one attached hydrogen (secondary N) is 1. The largest absolute Gasteiger partial charge is 0.586 e. The Morgan fingerprint density at radius 2 is 2.00 bits per heavy atom. The SMILES string of the molecule is CN(Cc1ccc2c(c1)OC(F)(F)O2)[C@H]1C[C@H]2CNC(=O)C[C@H]2C1. The lowest BCUT2D eigenvalue weighted by atomic mass is 9.89. The number of benzene rings is 1. The normalized spacial score (nSPS) is 30.3. The van der Waals surface area contributed by atoms with Crippen LogP contribution in [0.2, 0.25) is 0 Å². The van der Waals surface area contributed by atoms with Crippen LogP contribution in [0.1, 0.15) is 24.8 Å². The van der Waals surface area contributed by atoms with Crippen molar-refractivity contribution in [3.8, 4) is 11.5 Å². The maximum absolute atomic E-state index is 13.1. The van der Waals surface area contributed by atoms with Gasteiger partial charge in [0.25, 0.3) is 0 Å². The molecule has 24 heavy (non-hydrogen) atoms. The second-order valence-electron chi connectivity index (χ2n) is 7.02. The van der Waals surface area contributed by atoms with Gasteiger partial charge in [-0.15, -0.1) is 8.78 Å². The third kappa shape index (κ3) is 2.92. The Hall–Kier alpha value is -1.89. The second-order valence-corrected chi connectivity index (χ2v) is 7.02. The Morgan fingerprint density at radius 1 is 1.25 bits per heavy atom. The molecule has 1 amide bonds. The lowest BCUT2D eigenvalue weighted by molar-refractivity contribution is -0.286. The Kier molecular flexibility index (Phi) is 3.63. The molecule has 7 heteroatoms. The number of carbonyl (C=O) groups excluding carboxylic acids is 1. The third-order valence-electron chi connectivity index (χ3n) is 5.35. The van der Waals surface area contributed by atoms with Crippen molar-refractivity contribution in [2.75, 3.05) is 13.6 Å². The van der Waals surface area contributed by atoms with Crippen LogP contribution >= 0.6 is 0 Å². The molecule has 1 aromatic carbocycles. The van der Waals surface area contributed by atoms with Crippen LogP contribution < -0.4 is 14.8 Å². The monoisotopic (exact) mass is 338 g/mol. The zero-order chi connectivity index (χ0) is 16.9. The fourth-order valence-corrected chi connectivity index (χ4v) is 4.10. The minimum atomic E-state index is -3.58. The van der Waals surface area contributed by atoms with Gasteiger partial charge in [-0.05, 0) is 49.4 Å². The lowest BCUT2D eigenvalue weighted by Crippen LogP contribution is -2.38. The summed E-state index contributed by atoms with van der Waals surface area (Å²) < 4.78 is 35.1. The predicted octanol–water partition coefficient (Wildman–Crippen LogP) is 2.35. The van der Waals surface area contributed by atoms with Gasteiger partial charge in [0.1, 0.15) is 0 Å². The number of amides is 1. The molecule has 1 saturated heterocycles. The number of ether oxygens (including phenoxy) is 2.